The van der Waals surface area contributed by atoms with Crippen molar-refractivity contribution in [3.05, 3.63) is 52.0 Å². The second-order valence-electron chi connectivity index (χ2n) is 9.99. The van der Waals surface area contributed by atoms with Crippen LogP contribution in [0.1, 0.15) is 57.5 Å². The Morgan fingerprint density at radius 2 is 2.09 bits per heavy atom. The first-order chi connectivity index (χ1) is 16.1. The van der Waals surface area contributed by atoms with Crippen LogP contribution < -0.4 is 10.1 Å². The van der Waals surface area contributed by atoms with Crippen LogP contribution in [0.4, 0.5) is 9.18 Å². The van der Waals surface area contributed by atoms with Gasteiger partial charge in [0, 0.05) is 29.6 Å². The van der Waals surface area contributed by atoms with Crippen molar-refractivity contribution < 1.29 is 18.7 Å². The third-order valence-electron chi connectivity index (χ3n) is 5.94. The van der Waals surface area contributed by atoms with E-state index in [1.165, 1.54) is 17.0 Å². The average molecular weight is 490 g/mol. The Balaban J connectivity index is 1.78. The molecule has 0 aliphatic carbocycles. The first-order valence-corrected chi connectivity index (χ1v) is 12.8. The molecule has 1 N–H and O–H groups in total. The molecular formula is C26H36FN3O3S. The Morgan fingerprint density at radius 3 is 2.76 bits per heavy atom. The first kappa shape index (κ1) is 26.0. The Hall–Kier alpha value is -2.61. The fourth-order valence-electron chi connectivity index (χ4n) is 3.99. The molecule has 1 aromatic heterocycles. The van der Waals surface area contributed by atoms with Gasteiger partial charge in [0.05, 0.1) is 6.04 Å². The molecule has 0 bridgehead atoms. The lowest BCUT2D eigenvalue weighted by molar-refractivity contribution is -0.135. The standard InChI is InChI=1S/C26H36FN3O3S/c1-6-18(2)15-29(25(32)28-26(3,4)5)16-24(31)30-12-10-23-21(11-13-34-23)22(30)17-33-20-9-7-8-19(27)14-20/h7-9,11,13-14,18,22H,6,10,12,15-17H2,1-5H3,(H,28,32)/t18-,22+/m0/s1. The van der Waals surface area contributed by atoms with Gasteiger partial charge in [-0.25, -0.2) is 9.18 Å². The number of hydrogen-bond donors (Lipinski definition) is 1. The number of carbonyl (C=O) groups is 2. The van der Waals surface area contributed by atoms with Gasteiger partial charge in [-0.3, -0.25) is 4.79 Å². The second-order valence-corrected chi connectivity index (χ2v) is 11.0. The summed E-state index contributed by atoms with van der Waals surface area (Å²) in [6.45, 7) is 11.2. The molecule has 0 unspecified atom stereocenters. The minimum Gasteiger partial charge on any atom is -0.491 e. The maximum absolute atomic E-state index is 13.6. The fraction of sp³-hybridized carbons (Fsp3) is 0.538. The molecule has 0 radical (unpaired) electrons. The number of hydrogen-bond acceptors (Lipinski definition) is 4. The van der Waals surface area contributed by atoms with Crippen LogP contribution in [0.2, 0.25) is 0 Å². The zero-order chi connectivity index (χ0) is 24.9. The van der Waals surface area contributed by atoms with E-state index in [2.05, 4.69) is 19.2 Å². The number of urea groups is 1. The second kappa shape index (κ2) is 11.2. The molecule has 2 aromatic rings. The number of halogens is 1. The number of carbonyl (C=O) groups excluding carboxylic acids is 2. The summed E-state index contributed by atoms with van der Waals surface area (Å²) in [6.07, 6.45) is 1.69. The van der Waals surface area contributed by atoms with Crippen LogP contribution in [-0.2, 0) is 11.2 Å². The summed E-state index contributed by atoms with van der Waals surface area (Å²) in [5, 5.41) is 5.02. The zero-order valence-corrected chi connectivity index (χ0v) is 21.6. The van der Waals surface area contributed by atoms with Crippen LogP contribution in [0.5, 0.6) is 5.75 Å². The van der Waals surface area contributed by atoms with Gasteiger partial charge in [0.2, 0.25) is 5.91 Å². The Kier molecular flexibility index (Phi) is 8.57. The molecule has 186 valence electrons. The van der Waals surface area contributed by atoms with Crippen LogP contribution in [0.25, 0.3) is 0 Å². The van der Waals surface area contributed by atoms with Crippen LogP contribution in [0.3, 0.4) is 0 Å². The molecule has 34 heavy (non-hydrogen) atoms. The zero-order valence-electron chi connectivity index (χ0n) is 20.8. The van der Waals surface area contributed by atoms with Gasteiger partial charge in [-0.1, -0.05) is 26.3 Å². The molecule has 1 aliphatic rings. The summed E-state index contributed by atoms with van der Waals surface area (Å²) < 4.78 is 19.5. The van der Waals surface area contributed by atoms with Crippen LogP contribution >= 0.6 is 11.3 Å². The highest BCUT2D eigenvalue weighted by molar-refractivity contribution is 7.10. The van der Waals surface area contributed by atoms with Crippen molar-refractivity contribution in [1.82, 2.24) is 15.1 Å². The quantitative estimate of drug-likeness (QED) is 0.551. The lowest BCUT2D eigenvalue weighted by atomic mass is 10.00. The van der Waals surface area contributed by atoms with Gasteiger partial charge in [0.15, 0.2) is 0 Å². The van der Waals surface area contributed by atoms with Crippen LogP contribution in [0.15, 0.2) is 35.7 Å². The number of benzene rings is 1. The molecule has 1 aliphatic heterocycles. The van der Waals surface area contributed by atoms with Crippen molar-refractivity contribution in [1.29, 1.82) is 0 Å². The van der Waals surface area contributed by atoms with Gasteiger partial charge >= 0.3 is 6.03 Å². The predicted octanol–water partition coefficient (Wildman–Crippen LogP) is 5.25. The number of nitrogens with zero attached hydrogens (tertiary/aromatic N) is 2. The van der Waals surface area contributed by atoms with E-state index in [1.807, 2.05) is 37.1 Å². The average Bonchev–Trinajstić information content (AvgIpc) is 3.24. The highest BCUT2D eigenvalue weighted by atomic mass is 32.1. The highest BCUT2D eigenvalue weighted by Gasteiger charge is 2.34. The smallest absolute Gasteiger partial charge is 0.318 e. The van der Waals surface area contributed by atoms with Crippen molar-refractivity contribution >= 4 is 23.3 Å². The van der Waals surface area contributed by atoms with E-state index >= 15 is 0 Å². The number of amides is 3. The minimum absolute atomic E-state index is 0.00217. The number of thiophene rings is 1. The SMILES string of the molecule is CC[C@H](C)CN(CC(=O)N1CCc2sccc2[C@H]1COc1cccc(F)c1)C(=O)NC(C)(C)C. The largest absolute Gasteiger partial charge is 0.491 e. The molecule has 0 saturated heterocycles. The maximum Gasteiger partial charge on any atom is 0.318 e. The maximum atomic E-state index is 13.6. The third kappa shape index (κ3) is 6.95. The van der Waals surface area contributed by atoms with E-state index in [0.29, 0.717) is 18.8 Å². The molecule has 0 fully saturated rings. The molecular weight excluding hydrogens is 453 g/mol. The van der Waals surface area contributed by atoms with E-state index in [0.717, 1.165) is 18.4 Å². The Bertz CT molecular complexity index is 988. The monoisotopic (exact) mass is 489 g/mol. The van der Waals surface area contributed by atoms with Crippen molar-refractivity contribution in [3.8, 4) is 5.75 Å². The minimum atomic E-state index is -0.397. The lowest BCUT2D eigenvalue weighted by Crippen LogP contribution is -2.53. The molecule has 6 nitrogen and oxygen atoms in total. The van der Waals surface area contributed by atoms with Crippen LogP contribution in [0, 0.1) is 11.7 Å². The molecule has 3 amide bonds. The summed E-state index contributed by atoms with van der Waals surface area (Å²) in [5.74, 6) is 0.223. The molecule has 2 atom stereocenters. The number of fused-ring (bicyclic) bond motifs is 1. The molecule has 8 heteroatoms. The van der Waals surface area contributed by atoms with Gasteiger partial charge < -0.3 is 19.9 Å². The third-order valence-corrected chi connectivity index (χ3v) is 6.94. The number of nitrogens with one attached hydrogen (secondary N) is 1. The van der Waals surface area contributed by atoms with Crippen molar-refractivity contribution in [3.63, 3.8) is 0 Å². The van der Waals surface area contributed by atoms with Gasteiger partial charge in [0.25, 0.3) is 0 Å². The Morgan fingerprint density at radius 1 is 1.32 bits per heavy atom. The summed E-state index contributed by atoms with van der Waals surface area (Å²) in [7, 11) is 0. The lowest BCUT2D eigenvalue weighted by Gasteiger charge is -2.37. The number of rotatable bonds is 8. The summed E-state index contributed by atoms with van der Waals surface area (Å²) >= 11 is 1.68. The molecule has 3 rings (SSSR count). The van der Waals surface area contributed by atoms with E-state index < -0.39 is 5.54 Å². The predicted molar refractivity (Wildman–Crippen MR) is 134 cm³/mol. The number of ether oxygens (including phenoxy) is 1. The van der Waals surface area contributed by atoms with E-state index in [1.54, 1.807) is 28.4 Å². The summed E-state index contributed by atoms with van der Waals surface area (Å²) in [6, 6.07) is 7.53. The first-order valence-electron chi connectivity index (χ1n) is 11.9. The van der Waals surface area contributed by atoms with E-state index in [9.17, 15) is 14.0 Å². The van der Waals surface area contributed by atoms with Crippen molar-refractivity contribution in [2.75, 3.05) is 26.2 Å². The van der Waals surface area contributed by atoms with Gasteiger partial charge in [-0.15, -0.1) is 11.3 Å². The summed E-state index contributed by atoms with van der Waals surface area (Å²) in [4.78, 5) is 31.2. The molecule has 0 spiro atoms. The fourth-order valence-corrected chi connectivity index (χ4v) is 4.91. The van der Waals surface area contributed by atoms with Gasteiger partial charge in [-0.05, 0) is 62.3 Å². The molecule has 0 saturated carbocycles. The highest BCUT2D eigenvalue weighted by Crippen LogP contribution is 2.34. The van der Waals surface area contributed by atoms with Gasteiger partial charge in [0.1, 0.15) is 24.7 Å². The van der Waals surface area contributed by atoms with E-state index in [4.69, 9.17) is 4.74 Å². The Labute approximate surface area is 206 Å². The normalized spacial score (nSPS) is 16.5. The van der Waals surface area contributed by atoms with Crippen LogP contribution in [-0.4, -0.2) is 53.5 Å². The summed E-state index contributed by atoms with van der Waals surface area (Å²) in [5.41, 5.74) is 0.667. The van der Waals surface area contributed by atoms with E-state index in [-0.39, 0.29) is 42.9 Å². The van der Waals surface area contributed by atoms with Crippen molar-refractivity contribution in [2.24, 2.45) is 5.92 Å². The van der Waals surface area contributed by atoms with Gasteiger partial charge in [-0.2, -0.15) is 0 Å². The molecule has 1 aromatic carbocycles. The topological polar surface area (TPSA) is 61.9 Å². The van der Waals surface area contributed by atoms with Crippen molar-refractivity contribution in [2.45, 2.75) is 59.0 Å². The molecule has 2 heterocycles.